The molecule has 0 radical (unpaired) electrons. The van der Waals surface area contributed by atoms with Crippen LogP contribution in [0.4, 0.5) is 4.39 Å². The molecule has 124 valence electrons. The lowest BCUT2D eigenvalue weighted by molar-refractivity contribution is 0.0167. The monoisotopic (exact) mass is 337 g/mol. The minimum Gasteiger partial charge on any atom is -0.330 e. The molecule has 3 rings (SSSR count). The van der Waals surface area contributed by atoms with Crippen LogP contribution in [0.2, 0.25) is 0 Å². The molecule has 0 aliphatic heterocycles. The predicted octanol–water partition coefficient (Wildman–Crippen LogP) is 1.90. The number of aromatic nitrogens is 1. The minimum absolute atomic E-state index is 0.0806. The van der Waals surface area contributed by atoms with Crippen molar-refractivity contribution in [3.05, 3.63) is 36.0 Å². The number of hydrogen-bond donors (Lipinski definition) is 2. The van der Waals surface area contributed by atoms with E-state index in [1.807, 2.05) is 12.1 Å². The zero-order chi connectivity index (χ0) is 16.7. The molecule has 5 nitrogen and oxygen atoms in total. The van der Waals surface area contributed by atoms with Crippen LogP contribution in [0.15, 0.2) is 35.2 Å². The molecule has 0 spiro atoms. The van der Waals surface area contributed by atoms with Crippen molar-refractivity contribution in [2.75, 3.05) is 13.1 Å². The van der Waals surface area contributed by atoms with Crippen LogP contribution in [0.1, 0.15) is 18.5 Å². The predicted molar refractivity (Wildman–Crippen MR) is 87.3 cm³/mol. The van der Waals surface area contributed by atoms with Crippen LogP contribution >= 0.6 is 0 Å². The van der Waals surface area contributed by atoms with E-state index in [4.69, 9.17) is 5.73 Å². The van der Waals surface area contributed by atoms with Crippen molar-refractivity contribution in [1.29, 1.82) is 0 Å². The molecule has 0 bridgehead atoms. The minimum atomic E-state index is -3.82. The number of halogens is 1. The molecule has 2 aromatic rings. The molecule has 3 N–H and O–H groups in total. The van der Waals surface area contributed by atoms with E-state index < -0.39 is 15.7 Å². The van der Waals surface area contributed by atoms with Gasteiger partial charge in [-0.3, -0.25) is 4.98 Å². The summed E-state index contributed by atoms with van der Waals surface area (Å²) in [7, 11) is -3.82. The summed E-state index contributed by atoms with van der Waals surface area (Å²) in [5.74, 6) is 0.145. The Balaban J connectivity index is 1.84. The lowest BCUT2D eigenvalue weighted by atomic mass is 9.72. The Morgan fingerprint density at radius 1 is 1.35 bits per heavy atom. The molecule has 0 unspecified atom stereocenters. The third-order valence-electron chi connectivity index (χ3n) is 4.33. The van der Waals surface area contributed by atoms with Gasteiger partial charge in [0.2, 0.25) is 10.0 Å². The van der Waals surface area contributed by atoms with Crippen LogP contribution in [0, 0.1) is 12.8 Å². The van der Waals surface area contributed by atoms with E-state index in [1.54, 1.807) is 19.1 Å². The number of rotatable bonds is 5. The van der Waals surface area contributed by atoms with Gasteiger partial charge in [0, 0.05) is 17.6 Å². The summed E-state index contributed by atoms with van der Waals surface area (Å²) in [5.41, 5.74) is 5.13. The van der Waals surface area contributed by atoms with E-state index in [9.17, 15) is 12.8 Å². The normalized spacial score (nSPS) is 24.6. The number of alkyl halides is 1. The SMILES string of the molecule is Cc1ccc2cccc(S(=O)(=O)NCC3(F)CC(CN)C3)c2n1. The van der Waals surface area contributed by atoms with Crippen LogP contribution in [0.5, 0.6) is 0 Å². The maximum absolute atomic E-state index is 14.4. The number of hydrogen-bond acceptors (Lipinski definition) is 4. The molecule has 0 saturated heterocycles. The Morgan fingerprint density at radius 3 is 2.78 bits per heavy atom. The standard InChI is InChI=1S/C16H20FN3O2S/c1-11-5-6-13-3-2-4-14(15(13)20-11)23(21,22)19-10-16(17)7-12(8-16)9-18/h2-6,12,19H,7-10,18H2,1H3. The first-order valence-corrected chi connectivity index (χ1v) is 9.06. The largest absolute Gasteiger partial charge is 0.330 e. The molecule has 1 heterocycles. The Morgan fingerprint density at radius 2 is 2.09 bits per heavy atom. The number of pyridine rings is 1. The van der Waals surface area contributed by atoms with Crippen LogP contribution in [-0.4, -0.2) is 32.2 Å². The topological polar surface area (TPSA) is 85.1 Å². The third kappa shape index (κ3) is 3.22. The number of fused-ring (bicyclic) bond motifs is 1. The van der Waals surface area contributed by atoms with Gasteiger partial charge in [-0.25, -0.2) is 17.5 Å². The summed E-state index contributed by atoms with van der Waals surface area (Å²) in [6.07, 6.45) is 0.609. The van der Waals surface area contributed by atoms with E-state index in [0.717, 1.165) is 11.1 Å². The van der Waals surface area contributed by atoms with E-state index in [0.29, 0.717) is 24.9 Å². The lowest BCUT2D eigenvalue weighted by Gasteiger charge is -2.40. The van der Waals surface area contributed by atoms with Gasteiger partial charge < -0.3 is 5.73 Å². The van der Waals surface area contributed by atoms with Crippen molar-refractivity contribution < 1.29 is 12.8 Å². The fourth-order valence-corrected chi connectivity index (χ4v) is 4.30. The van der Waals surface area contributed by atoms with Crippen LogP contribution in [0.25, 0.3) is 10.9 Å². The summed E-state index contributed by atoms with van der Waals surface area (Å²) >= 11 is 0. The number of nitrogens with zero attached hydrogens (tertiary/aromatic N) is 1. The number of sulfonamides is 1. The molecule has 23 heavy (non-hydrogen) atoms. The Bertz CT molecular complexity index is 832. The van der Waals surface area contributed by atoms with E-state index in [2.05, 4.69) is 9.71 Å². The first-order chi connectivity index (χ1) is 10.8. The van der Waals surface area contributed by atoms with Gasteiger partial charge in [0.15, 0.2) is 0 Å². The molecule has 1 aromatic heterocycles. The molecular weight excluding hydrogens is 317 g/mol. The van der Waals surface area contributed by atoms with Gasteiger partial charge in [-0.05, 0) is 44.4 Å². The Labute approximate surface area is 135 Å². The summed E-state index contributed by atoms with van der Waals surface area (Å²) < 4.78 is 41.9. The van der Waals surface area contributed by atoms with Crippen LogP contribution in [-0.2, 0) is 10.0 Å². The summed E-state index contributed by atoms with van der Waals surface area (Å²) in [6, 6.07) is 8.60. The van der Waals surface area contributed by atoms with E-state index in [-0.39, 0.29) is 17.4 Å². The van der Waals surface area contributed by atoms with Gasteiger partial charge in [0.1, 0.15) is 10.6 Å². The van der Waals surface area contributed by atoms with Gasteiger partial charge >= 0.3 is 0 Å². The van der Waals surface area contributed by atoms with Gasteiger partial charge in [-0.1, -0.05) is 18.2 Å². The van der Waals surface area contributed by atoms with Crippen molar-refractivity contribution in [2.45, 2.75) is 30.3 Å². The Kier molecular flexibility index (Phi) is 4.12. The van der Waals surface area contributed by atoms with Crippen molar-refractivity contribution in [2.24, 2.45) is 11.7 Å². The molecule has 7 heteroatoms. The molecule has 1 aliphatic rings. The number of benzene rings is 1. The average Bonchev–Trinajstić information content (AvgIpc) is 2.49. The highest BCUT2D eigenvalue weighted by Crippen LogP contribution is 2.40. The first kappa shape index (κ1) is 16.3. The molecule has 0 atom stereocenters. The highest BCUT2D eigenvalue weighted by atomic mass is 32.2. The van der Waals surface area contributed by atoms with Crippen molar-refractivity contribution >= 4 is 20.9 Å². The molecule has 1 fully saturated rings. The zero-order valence-electron chi connectivity index (χ0n) is 12.9. The summed E-state index contributed by atoms with van der Waals surface area (Å²) in [4.78, 5) is 4.40. The molecular formula is C16H20FN3O2S. The van der Waals surface area contributed by atoms with Crippen LogP contribution in [0.3, 0.4) is 0 Å². The van der Waals surface area contributed by atoms with Gasteiger partial charge in [0.25, 0.3) is 0 Å². The fourth-order valence-electron chi connectivity index (χ4n) is 3.02. The molecule has 1 saturated carbocycles. The van der Waals surface area contributed by atoms with Gasteiger partial charge in [-0.15, -0.1) is 0 Å². The third-order valence-corrected chi connectivity index (χ3v) is 5.77. The lowest BCUT2D eigenvalue weighted by Crippen LogP contribution is -2.50. The Hall–Kier alpha value is -1.57. The number of nitrogens with one attached hydrogen (secondary N) is 1. The second kappa shape index (κ2) is 5.81. The number of nitrogens with two attached hydrogens (primary N) is 1. The highest BCUT2D eigenvalue weighted by Gasteiger charge is 2.44. The van der Waals surface area contributed by atoms with E-state index in [1.165, 1.54) is 6.07 Å². The number of para-hydroxylation sites is 1. The first-order valence-electron chi connectivity index (χ1n) is 7.58. The molecule has 1 aromatic carbocycles. The average molecular weight is 337 g/mol. The van der Waals surface area contributed by atoms with Crippen molar-refractivity contribution in [3.8, 4) is 0 Å². The quantitative estimate of drug-likeness (QED) is 0.873. The van der Waals surface area contributed by atoms with Gasteiger partial charge in [0.05, 0.1) is 5.52 Å². The second-order valence-corrected chi connectivity index (χ2v) is 8.00. The fraction of sp³-hybridized carbons (Fsp3) is 0.438. The molecule has 1 aliphatic carbocycles. The van der Waals surface area contributed by atoms with Crippen molar-refractivity contribution in [3.63, 3.8) is 0 Å². The van der Waals surface area contributed by atoms with Crippen LogP contribution < -0.4 is 10.5 Å². The van der Waals surface area contributed by atoms with Gasteiger partial charge in [-0.2, -0.15) is 0 Å². The maximum Gasteiger partial charge on any atom is 0.242 e. The summed E-state index contributed by atoms with van der Waals surface area (Å²) in [5, 5.41) is 0.736. The summed E-state index contributed by atoms with van der Waals surface area (Å²) in [6.45, 7) is 2.01. The number of aryl methyl sites for hydroxylation is 1. The highest BCUT2D eigenvalue weighted by molar-refractivity contribution is 7.89. The molecule has 0 amide bonds. The zero-order valence-corrected chi connectivity index (χ0v) is 13.7. The smallest absolute Gasteiger partial charge is 0.242 e. The van der Waals surface area contributed by atoms with Crippen molar-refractivity contribution in [1.82, 2.24) is 9.71 Å². The maximum atomic E-state index is 14.4. The van der Waals surface area contributed by atoms with E-state index >= 15 is 0 Å². The second-order valence-electron chi connectivity index (χ2n) is 6.27.